The smallest absolute Gasteiger partial charge is 0.0934 e. The first kappa shape index (κ1) is 16.9. The molecule has 1 N–H and O–H groups in total. The van der Waals surface area contributed by atoms with Gasteiger partial charge in [-0.3, -0.25) is 0 Å². The first-order chi connectivity index (χ1) is 8.77. The van der Waals surface area contributed by atoms with Gasteiger partial charge in [-0.15, -0.1) is 0 Å². The lowest BCUT2D eigenvalue weighted by molar-refractivity contribution is -0.0593. The summed E-state index contributed by atoms with van der Waals surface area (Å²) in [5.41, 5.74) is -0.0662. The maximum atomic E-state index is 6.05. The van der Waals surface area contributed by atoms with Gasteiger partial charge in [-0.25, -0.2) is 0 Å². The Morgan fingerprint density at radius 1 is 1.32 bits per heavy atom. The molecular formula is C15H31NO3. The average molecular weight is 273 g/mol. The fraction of sp³-hybridized carbons (Fsp3) is 1.00. The third kappa shape index (κ3) is 6.70. The van der Waals surface area contributed by atoms with Gasteiger partial charge < -0.3 is 19.5 Å². The number of hydrogen-bond donors (Lipinski definition) is 1. The van der Waals surface area contributed by atoms with Crippen molar-refractivity contribution in [3.05, 3.63) is 0 Å². The molecule has 0 aromatic heterocycles. The van der Waals surface area contributed by atoms with Crippen LogP contribution in [-0.2, 0) is 14.2 Å². The molecule has 1 fully saturated rings. The zero-order valence-corrected chi connectivity index (χ0v) is 13.4. The van der Waals surface area contributed by atoms with E-state index >= 15 is 0 Å². The van der Waals surface area contributed by atoms with Gasteiger partial charge in [0, 0.05) is 25.8 Å². The van der Waals surface area contributed by atoms with Gasteiger partial charge in [0.05, 0.1) is 24.9 Å². The van der Waals surface area contributed by atoms with Crippen LogP contribution in [-0.4, -0.2) is 50.7 Å². The van der Waals surface area contributed by atoms with Crippen LogP contribution in [0.5, 0.6) is 0 Å². The summed E-state index contributed by atoms with van der Waals surface area (Å²) in [5, 5.41) is 3.57. The first-order valence-electron chi connectivity index (χ1n) is 7.26. The highest BCUT2D eigenvalue weighted by atomic mass is 16.6. The molecule has 1 aliphatic rings. The number of nitrogens with one attached hydrogen (secondary N) is 1. The molecule has 0 spiro atoms. The van der Waals surface area contributed by atoms with Gasteiger partial charge in [-0.1, -0.05) is 6.92 Å². The third-order valence-corrected chi connectivity index (χ3v) is 4.05. The topological polar surface area (TPSA) is 43.0 Å². The molecule has 4 heteroatoms. The minimum atomic E-state index is -0.125. The van der Waals surface area contributed by atoms with Crippen LogP contribution in [0.15, 0.2) is 0 Å². The van der Waals surface area contributed by atoms with Gasteiger partial charge in [-0.05, 0) is 40.0 Å². The van der Waals surface area contributed by atoms with Crippen LogP contribution < -0.4 is 5.32 Å². The molecule has 0 aliphatic carbocycles. The second-order valence-corrected chi connectivity index (χ2v) is 6.77. The van der Waals surface area contributed by atoms with Crippen LogP contribution in [0, 0.1) is 5.92 Å². The summed E-state index contributed by atoms with van der Waals surface area (Å²) >= 11 is 0. The largest absolute Gasteiger partial charge is 0.385 e. The summed E-state index contributed by atoms with van der Waals surface area (Å²) in [4.78, 5) is 0. The molecule has 4 nitrogen and oxygen atoms in total. The predicted molar refractivity (Wildman–Crippen MR) is 77.5 cm³/mol. The van der Waals surface area contributed by atoms with E-state index in [0.717, 1.165) is 32.8 Å². The molecule has 0 bridgehead atoms. The number of hydrogen-bond acceptors (Lipinski definition) is 4. The van der Waals surface area contributed by atoms with E-state index in [1.54, 1.807) is 7.11 Å². The molecular weight excluding hydrogens is 242 g/mol. The van der Waals surface area contributed by atoms with Crippen LogP contribution in [0.25, 0.3) is 0 Å². The third-order valence-electron chi connectivity index (χ3n) is 4.05. The minimum Gasteiger partial charge on any atom is -0.385 e. The molecule has 1 heterocycles. The molecule has 1 aliphatic heterocycles. The minimum absolute atomic E-state index is 0.0588. The number of epoxide rings is 1. The quantitative estimate of drug-likeness (QED) is 0.620. The lowest BCUT2D eigenvalue weighted by Crippen LogP contribution is -2.48. The molecule has 0 aromatic rings. The molecule has 0 amide bonds. The van der Waals surface area contributed by atoms with Gasteiger partial charge >= 0.3 is 0 Å². The van der Waals surface area contributed by atoms with Crippen molar-refractivity contribution in [1.29, 1.82) is 0 Å². The molecule has 2 unspecified atom stereocenters. The highest BCUT2D eigenvalue weighted by molar-refractivity contribution is 4.87. The van der Waals surface area contributed by atoms with E-state index < -0.39 is 0 Å². The van der Waals surface area contributed by atoms with Crippen molar-refractivity contribution in [1.82, 2.24) is 5.32 Å². The highest BCUT2D eigenvalue weighted by Crippen LogP contribution is 2.22. The molecule has 0 saturated carbocycles. The Labute approximate surface area is 118 Å². The standard InChI is InChI=1S/C15H31NO3/c1-12(10-19-14(2,3)7-8-17-6)15(4,5)16-9-13-11-18-13/h12-13,16H,7-11H2,1-6H3. The maximum Gasteiger partial charge on any atom is 0.0934 e. The van der Waals surface area contributed by atoms with E-state index in [-0.39, 0.29) is 11.1 Å². The van der Waals surface area contributed by atoms with Crippen LogP contribution >= 0.6 is 0 Å². The van der Waals surface area contributed by atoms with Gasteiger partial charge in [-0.2, -0.15) is 0 Å². The van der Waals surface area contributed by atoms with E-state index in [1.165, 1.54) is 0 Å². The molecule has 114 valence electrons. The van der Waals surface area contributed by atoms with E-state index in [1.807, 2.05) is 0 Å². The highest BCUT2D eigenvalue weighted by Gasteiger charge is 2.31. The lowest BCUT2D eigenvalue weighted by atomic mass is 9.89. The Morgan fingerprint density at radius 2 is 1.95 bits per heavy atom. The van der Waals surface area contributed by atoms with E-state index in [0.29, 0.717) is 12.0 Å². The van der Waals surface area contributed by atoms with Crippen molar-refractivity contribution in [2.24, 2.45) is 5.92 Å². The van der Waals surface area contributed by atoms with Gasteiger partial charge in [0.2, 0.25) is 0 Å². The van der Waals surface area contributed by atoms with Crippen LogP contribution in [0.1, 0.15) is 41.0 Å². The first-order valence-corrected chi connectivity index (χ1v) is 7.26. The maximum absolute atomic E-state index is 6.05. The van der Waals surface area contributed by atoms with E-state index in [9.17, 15) is 0 Å². The van der Waals surface area contributed by atoms with Gasteiger partial charge in [0.25, 0.3) is 0 Å². The van der Waals surface area contributed by atoms with Crippen LogP contribution in [0.2, 0.25) is 0 Å². The average Bonchev–Trinajstić information content (AvgIpc) is 3.15. The molecule has 19 heavy (non-hydrogen) atoms. The summed E-state index contributed by atoms with van der Waals surface area (Å²) in [5.74, 6) is 0.438. The van der Waals surface area contributed by atoms with Crippen molar-refractivity contribution in [3.63, 3.8) is 0 Å². The molecule has 0 aromatic carbocycles. The van der Waals surface area contributed by atoms with Gasteiger partial charge in [0.15, 0.2) is 0 Å². The Bertz CT molecular complexity index is 262. The van der Waals surface area contributed by atoms with Crippen LogP contribution in [0.3, 0.4) is 0 Å². The van der Waals surface area contributed by atoms with Crippen LogP contribution in [0.4, 0.5) is 0 Å². The van der Waals surface area contributed by atoms with Crippen molar-refractivity contribution in [2.45, 2.75) is 58.3 Å². The number of methoxy groups -OCH3 is 1. The van der Waals surface area contributed by atoms with Crippen molar-refractivity contribution < 1.29 is 14.2 Å². The summed E-state index contributed by atoms with van der Waals surface area (Å²) in [6.45, 7) is 14.3. The second kappa shape index (κ2) is 7.02. The zero-order chi connectivity index (χ0) is 14.5. The number of rotatable bonds is 10. The molecule has 2 atom stereocenters. The Hall–Kier alpha value is -0.160. The Morgan fingerprint density at radius 3 is 2.47 bits per heavy atom. The van der Waals surface area contributed by atoms with Crippen molar-refractivity contribution in [3.8, 4) is 0 Å². The predicted octanol–water partition coefficient (Wildman–Crippen LogP) is 2.22. The van der Waals surface area contributed by atoms with Crippen molar-refractivity contribution in [2.75, 3.05) is 33.5 Å². The number of ether oxygens (including phenoxy) is 3. The fourth-order valence-electron chi connectivity index (χ4n) is 1.72. The summed E-state index contributed by atoms with van der Waals surface area (Å²) in [6.07, 6.45) is 1.34. The lowest BCUT2D eigenvalue weighted by Gasteiger charge is -2.35. The summed E-state index contributed by atoms with van der Waals surface area (Å²) in [6, 6.07) is 0. The summed E-state index contributed by atoms with van der Waals surface area (Å²) < 4.78 is 16.4. The fourth-order valence-corrected chi connectivity index (χ4v) is 1.72. The Balaban J connectivity index is 2.28. The van der Waals surface area contributed by atoms with E-state index in [2.05, 4.69) is 39.9 Å². The van der Waals surface area contributed by atoms with Crippen molar-refractivity contribution >= 4 is 0 Å². The Kier molecular flexibility index (Phi) is 6.24. The van der Waals surface area contributed by atoms with E-state index in [4.69, 9.17) is 14.2 Å². The normalized spacial score (nSPS) is 21.5. The molecule has 1 rings (SSSR count). The molecule has 0 radical (unpaired) electrons. The SMILES string of the molecule is COCCC(C)(C)OCC(C)C(C)(C)NCC1CO1. The molecule has 1 saturated heterocycles. The summed E-state index contributed by atoms with van der Waals surface area (Å²) in [7, 11) is 1.73. The zero-order valence-electron chi connectivity index (χ0n) is 13.4. The monoisotopic (exact) mass is 273 g/mol. The van der Waals surface area contributed by atoms with Gasteiger partial charge in [0.1, 0.15) is 0 Å². The second-order valence-electron chi connectivity index (χ2n) is 6.77.